The standard InChI is InChI=1S/C49H40N4/c1-49(2,3)36-24-30-45-43(33-36)44-34-42(29-31-46(44)53(45)39-21-11-6-12-22-39)52(47-23-13-15-35-16-14-32-50-48(35)47)41-27-25-40(26-28-41)51(37-17-7-4-8-18-37)38-19-9-5-10-20-38/h4-34H,1-3H3. The number of fused-ring (bicyclic) bond motifs is 4. The fourth-order valence-electron chi connectivity index (χ4n) is 7.52. The van der Waals surface area contributed by atoms with Gasteiger partial charge in [0.2, 0.25) is 0 Å². The van der Waals surface area contributed by atoms with Crippen molar-refractivity contribution in [2.75, 3.05) is 9.80 Å². The molecule has 0 fully saturated rings. The number of benzene rings is 7. The highest BCUT2D eigenvalue weighted by Crippen LogP contribution is 2.43. The number of rotatable bonds is 7. The van der Waals surface area contributed by atoms with Gasteiger partial charge in [-0.1, -0.05) is 99.6 Å². The molecular formula is C49H40N4. The average molecular weight is 685 g/mol. The van der Waals surface area contributed by atoms with Crippen LogP contribution in [0.5, 0.6) is 0 Å². The van der Waals surface area contributed by atoms with E-state index < -0.39 is 0 Å². The topological polar surface area (TPSA) is 24.3 Å². The monoisotopic (exact) mass is 684 g/mol. The van der Waals surface area contributed by atoms with Crippen LogP contribution in [-0.2, 0) is 5.41 Å². The first-order chi connectivity index (χ1) is 25.9. The van der Waals surface area contributed by atoms with Crippen LogP contribution in [0.2, 0.25) is 0 Å². The Hall–Kier alpha value is -6.65. The van der Waals surface area contributed by atoms with Gasteiger partial charge in [0.1, 0.15) is 0 Å². The molecule has 0 N–H and O–H groups in total. The molecule has 2 aromatic heterocycles. The number of para-hydroxylation sites is 4. The minimum Gasteiger partial charge on any atom is -0.311 e. The molecule has 53 heavy (non-hydrogen) atoms. The number of pyridine rings is 1. The van der Waals surface area contributed by atoms with Gasteiger partial charge in [0.05, 0.1) is 22.2 Å². The maximum absolute atomic E-state index is 4.92. The molecule has 0 amide bonds. The van der Waals surface area contributed by atoms with Crippen molar-refractivity contribution in [3.8, 4) is 5.69 Å². The van der Waals surface area contributed by atoms with E-state index in [0.29, 0.717) is 0 Å². The molecule has 2 heterocycles. The minimum atomic E-state index is 0.0166. The summed E-state index contributed by atoms with van der Waals surface area (Å²) in [6, 6.07) is 65.1. The van der Waals surface area contributed by atoms with Crippen LogP contribution in [0.25, 0.3) is 38.4 Å². The Kier molecular flexibility index (Phi) is 8.01. The highest BCUT2D eigenvalue weighted by atomic mass is 15.2. The van der Waals surface area contributed by atoms with Crippen molar-refractivity contribution in [3.63, 3.8) is 0 Å². The molecule has 7 aromatic carbocycles. The third-order valence-electron chi connectivity index (χ3n) is 10.1. The Balaban J connectivity index is 1.26. The van der Waals surface area contributed by atoms with Gasteiger partial charge in [-0.2, -0.15) is 0 Å². The minimum absolute atomic E-state index is 0.0166. The van der Waals surface area contributed by atoms with Crippen LogP contribution < -0.4 is 9.80 Å². The van der Waals surface area contributed by atoms with Crippen molar-refractivity contribution in [1.29, 1.82) is 0 Å². The number of nitrogens with zero attached hydrogens (tertiary/aromatic N) is 4. The number of hydrogen-bond acceptors (Lipinski definition) is 3. The molecule has 0 aliphatic rings. The average Bonchev–Trinajstić information content (AvgIpc) is 3.53. The summed E-state index contributed by atoms with van der Waals surface area (Å²) in [6.07, 6.45) is 1.88. The maximum atomic E-state index is 4.92. The van der Waals surface area contributed by atoms with Gasteiger partial charge in [0.25, 0.3) is 0 Å². The summed E-state index contributed by atoms with van der Waals surface area (Å²) < 4.78 is 2.39. The zero-order valence-corrected chi connectivity index (χ0v) is 30.2. The zero-order chi connectivity index (χ0) is 35.9. The predicted octanol–water partition coefficient (Wildman–Crippen LogP) is 13.6. The molecule has 0 bridgehead atoms. The van der Waals surface area contributed by atoms with E-state index in [4.69, 9.17) is 4.98 Å². The second-order valence-corrected chi connectivity index (χ2v) is 14.6. The molecule has 0 aliphatic heterocycles. The lowest BCUT2D eigenvalue weighted by Crippen LogP contribution is -2.12. The molecular weight excluding hydrogens is 645 g/mol. The van der Waals surface area contributed by atoms with E-state index in [-0.39, 0.29) is 5.41 Å². The lowest BCUT2D eigenvalue weighted by Gasteiger charge is -2.29. The summed E-state index contributed by atoms with van der Waals surface area (Å²) in [5.74, 6) is 0. The summed E-state index contributed by atoms with van der Waals surface area (Å²) in [4.78, 5) is 9.57. The summed E-state index contributed by atoms with van der Waals surface area (Å²) in [6.45, 7) is 6.85. The van der Waals surface area contributed by atoms with Crippen LogP contribution in [0, 0.1) is 0 Å². The van der Waals surface area contributed by atoms with Gasteiger partial charge in [-0.3, -0.25) is 4.98 Å². The summed E-state index contributed by atoms with van der Waals surface area (Å²) in [7, 11) is 0. The van der Waals surface area contributed by atoms with E-state index in [1.165, 1.54) is 27.4 Å². The van der Waals surface area contributed by atoms with Crippen LogP contribution in [0.3, 0.4) is 0 Å². The molecule has 9 aromatic rings. The van der Waals surface area contributed by atoms with E-state index in [9.17, 15) is 0 Å². The molecule has 256 valence electrons. The van der Waals surface area contributed by atoms with E-state index in [1.807, 2.05) is 12.3 Å². The van der Waals surface area contributed by atoms with E-state index in [1.54, 1.807) is 0 Å². The van der Waals surface area contributed by atoms with Crippen LogP contribution in [0.1, 0.15) is 26.3 Å². The van der Waals surface area contributed by atoms with E-state index >= 15 is 0 Å². The molecule has 0 unspecified atom stereocenters. The SMILES string of the molecule is CC(C)(C)c1ccc2c(c1)c1cc(N(c3ccc(N(c4ccccc4)c4ccccc4)cc3)c3cccc4cccnc34)ccc1n2-c1ccccc1. The first-order valence-corrected chi connectivity index (χ1v) is 18.2. The molecule has 0 saturated heterocycles. The molecule has 0 saturated carbocycles. The first-order valence-electron chi connectivity index (χ1n) is 18.2. The third-order valence-corrected chi connectivity index (χ3v) is 10.1. The molecule has 0 spiro atoms. The van der Waals surface area contributed by atoms with Crippen LogP contribution in [0.4, 0.5) is 34.1 Å². The molecule has 0 atom stereocenters. The van der Waals surface area contributed by atoms with E-state index in [0.717, 1.165) is 50.7 Å². The fraction of sp³-hybridized carbons (Fsp3) is 0.0816. The Bertz CT molecular complexity index is 2650. The smallest absolute Gasteiger partial charge is 0.0942 e. The highest BCUT2D eigenvalue weighted by Gasteiger charge is 2.22. The van der Waals surface area contributed by atoms with E-state index in [2.05, 4.69) is 211 Å². The zero-order valence-electron chi connectivity index (χ0n) is 30.2. The maximum Gasteiger partial charge on any atom is 0.0942 e. The number of hydrogen-bond donors (Lipinski definition) is 0. The molecule has 4 heteroatoms. The number of aromatic nitrogens is 2. The van der Waals surface area contributed by atoms with Gasteiger partial charge < -0.3 is 14.4 Å². The van der Waals surface area contributed by atoms with Gasteiger partial charge in [0.15, 0.2) is 0 Å². The molecule has 0 radical (unpaired) electrons. The second-order valence-electron chi connectivity index (χ2n) is 14.6. The lowest BCUT2D eigenvalue weighted by molar-refractivity contribution is 0.591. The quantitative estimate of drug-likeness (QED) is 0.167. The Morgan fingerprint density at radius 3 is 1.62 bits per heavy atom. The van der Waals surface area contributed by atoms with Crippen molar-refractivity contribution in [2.45, 2.75) is 26.2 Å². The van der Waals surface area contributed by atoms with Crippen molar-refractivity contribution in [1.82, 2.24) is 9.55 Å². The van der Waals surface area contributed by atoms with Gasteiger partial charge in [0, 0.05) is 56.5 Å². The van der Waals surface area contributed by atoms with Crippen molar-refractivity contribution in [2.24, 2.45) is 0 Å². The van der Waals surface area contributed by atoms with Crippen LogP contribution in [-0.4, -0.2) is 9.55 Å². The van der Waals surface area contributed by atoms with Gasteiger partial charge in [-0.05, 0) is 114 Å². The third kappa shape index (κ3) is 5.88. The van der Waals surface area contributed by atoms with Gasteiger partial charge in [-0.25, -0.2) is 0 Å². The summed E-state index contributed by atoms with van der Waals surface area (Å²) in [5, 5.41) is 3.55. The van der Waals surface area contributed by atoms with Crippen LogP contribution in [0.15, 0.2) is 188 Å². The predicted molar refractivity (Wildman–Crippen MR) is 224 cm³/mol. The second kappa shape index (κ2) is 13.2. The largest absolute Gasteiger partial charge is 0.311 e. The first kappa shape index (κ1) is 32.3. The Morgan fingerprint density at radius 2 is 0.981 bits per heavy atom. The highest BCUT2D eigenvalue weighted by molar-refractivity contribution is 6.11. The van der Waals surface area contributed by atoms with Crippen molar-refractivity contribution < 1.29 is 0 Å². The molecule has 0 aliphatic carbocycles. The van der Waals surface area contributed by atoms with Gasteiger partial charge >= 0.3 is 0 Å². The molecule has 9 rings (SSSR count). The Morgan fingerprint density at radius 1 is 0.453 bits per heavy atom. The van der Waals surface area contributed by atoms with Gasteiger partial charge in [-0.15, -0.1) is 0 Å². The van der Waals surface area contributed by atoms with Crippen molar-refractivity contribution >= 4 is 66.8 Å². The normalized spacial score (nSPS) is 11.7. The number of anilines is 6. The Labute approximate surface area is 310 Å². The lowest BCUT2D eigenvalue weighted by atomic mass is 9.86. The van der Waals surface area contributed by atoms with Crippen molar-refractivity contribution in [3.05, 3.63) is 194 Å². The summed E-state index contributed by atoms with van der Waals surface area (Å²) in [5.41, 5.74) is 12.2. The molecule has 4 nitrogen and oxygen atoms in total. The fourth-order valence-corrected chi connectivity index (χ4v) is 7.52. The van der Waals surface area contributed by atoms with Crippen LogP contribution >= 0.6 is 0 Å². The summed E-state index contributed by atoms with van der Waals surface area (Å²) >= 11 is 0.